The van der Waals surface area contributed by atoms with Gasteiger partial charge in [0.2, 0.25) is 5.91 Å². The Morgan fingerprint density at radius 3 is 2.76 bits per heavy atom. The molecule has 0 radical (unpaired) electrons. The number of nitrogens with one attached hydrogen (secondary N) is 1. The summed E-state index contributed by atoms with van der Waals surface area (Å²) in [6, 6.07) is 4.30. The molecule has 0 aliphatic heterocycles. The molecule has 1 atom stereocenters. The van der Waals surface area contributed by atoms with E-state index in [9.17, 15) is 9.18 Å². The van der Waals surface area contributed by atoms with E-state index in [4.69, 9.17) is 5.73 Å². The molecule has 0 fully saturated rings. The van der Waals surface area contributed by atoms with Gasteiger partial charge in [0.05, 0.1) is 5.92 Å². The summed E-state index contributed by atoms with van der Waals surface area (Å²) >= 11 is 0. The van der Waals surface area contributed by atoms with Gasteiger partial charge in [-0.3, -0.25) is 4.79 Å². The van der Waals surface area contributed by atoms with Crippen molar-refractivity contribution in [1.82, 2.24) is 0 Å². The fraction of sp³-hybridized carbons (Fsp3) is 0.462. The number of hydrogen-bond acceptors (Lipinski definition) is 2. The Balaban J connectivity index is 2.73. The van der Waals surface area contributed by atoms with Gasteiger partial charge in [0, 0.05) is 12.2 Å². The van der Waals surface area contributed by atoms with E-state index in [2.05, 4.69) is 5.32 Å². The smallest absolute Gasteiger partial charge is 0.228 e. The molecule has 0 saturated carbocycles. The molecule has 0 bridgehead atoms. The van der Waals surface area contributed by atoms with Crippen LogP contribution in [-0.4, -0.2) is 12.5 Å². The zero-order valence-electron chi connectivity index (χ0n) is 10.3. The standard InChI is InChI=1S/C13H19FN2O/c1-3-4-10(8-15)13(17)16-12-6-5-11(14)7-9(12)2/h5-7,10H,3-4,8,15H2,1-2H3,(H,16,17). The van der Waals surface area contributed by atoms with Gasteiger partial charge >= 0.3 is 0 Å². The van der Waals surface area contributed by atoms with Crippen LogP contribution in [0.5, 0.6) is 0 Å². The first kappa shape index (κ1) is 13.6. The summed E-state index contributed by atoms with van der Waals surface area (Å²) in [6.45, 7) is 4.11. The number of hydrogen-bond donors (Lipinski definition) is 2. The predicted octanol–water partition coefficient (Wildman–Crippen LogP) is 2.45. The van der Waals surface area contributed by atoms with Gasteiger partial charge in [0.25, 0.3) is 0 Å². The Hall–Kier alpha value is -1.42. The van der Waals surface area contributed by atoms with Crippen LogP contribution in [0, 0.1) is 18.7 Å². The van der Waals surface area contributed by atoms with Crippen molar-refractivity contribution in [1.29, 1.82) is 0 Å². The van der Waals surface area contributed by atoms with E-state index in [1.54, 1.807) is 13.0 Å². The van der Waals surface area contributed by atoms with Crippen LogP contribution < -0.4 is 11.1 Å². The molecule has 1 unspecified atom stereocenters. The first-order valence-electron chi connectivity index (χ1n) is 5.85. The van der Waals surface area contributed by atoms with Crippen LogP contribution in [0.25, 0.3) is 0 Å². The summed E-state index contributed by atoms with van der Waals surface area (Å²) in [4.78, 5) is 11.9. The largest absolute Gasteiger partial charge is 0.330 e. The molecular formula is C13H19FN2O. The number of aryl methyl sites for hydroxylation is 1. The second-order valence-corrected chi connectivity index (χ2v) is 4.17. The lowest BCUT2D eigenvalue weighted by molar-refractivity contribution is -0.119. The first-order chi connectivity index (χ1) is 8.08. The fourth-order valence-corrected chi connectivity index (χ4v) is 1.71. The second kappa shape index (κ2) is 6.35. The summed E-state index contributed by atoms with van der Waals surface area (Å²) < 4.78 is 12.9. The Morgan fingerprint density at radius 1 is 1.53 bits per heavy atom. The van der Waals surface area contributed by atoms with Crippen molar-refractivity contribution in [3.63, 3.8) is 0 Å². The average molecular weight is 238 g/mol. The van der Waals surface area contributed by atoms with Gasteiger partial charge in [-0.15, -0.1) is 0 Å². The lowest BCUT2D eigenvalue weighted by Gasteiger charge is -2.15. The number of anilines is 1. The summed E-state index contributed by atoms with van der Waals surface area (Å²) in [7, 11) is 0. The molecular weight excluding hydrogens is 219 g/mol. The Bertz CT molecular complexity index is 393. The highest BCUT2D eigenvalue weighted by molar-refractivity contribution is 5.93. The maximum absolute atomic E-state index is 12.9. The fourth-order valence-electron chi connectivity index (χ4n) is 1.71. The number of amides is 1. The lowest BCUT2D eigenvalue weighted by Crippen LogP contribution is -2.29. The topological polar surface area (TPSA) is 55.1 Å². The van der Waals surface area contributed by atoms with Crippen LogP contribution in [0.15, 0.2) is 18.2 Å². The Labute approximate surface area is 101 Å². The number of benzene rings is 1. The molecule has 1 aromatic rings. The number of rotatable bonds is 5. The molecule has 17 heavy (non-hydrogen) atoms. The molecule has 1 rings (SSSR count). The summed E-state index contributed by atoms with van der Waals surface area (Å²) in [6.07, 6.45) is 1.68. The van der Waals surface area contributed by atoms with Crippen molar-refractivity contribution in [3.05, 3.63) is 29.6 Å². The van der Waals surface area contributed by atoms with Gasteiger partial charge < -0.3 is 11.1 Å². The summed E-state index contributed by atoms with van der Waals surface area (Å²) in [5, 5.41) is 2.79. The maximum Gasteiger partial charge on any atom is 0.228 e. The summed E-state index contributed by atoms with van der Waals surface area (Å²) in [5.41, 5.74) is 6.91. The van der Waals surface area contributed by atoms with Crippen LogP contribution in [0.2, 0.25) is 0 Å². The van der Waals surface area contributed by atoms with Crippen molar-refractivity contribution >= 4 is 11.6 Å². The minimum Gasteiger partial charge on any atom is -0.330 e. The number of halogens is 1. The third-order valence-corrected chi connectivity index (χ3v) is 2.74. The maximum atomic E-state index is 12.9. The van der Waals surface area contributed by atoms with Crippen LogP contribution in [0.3, 0.4) is 0 Å². The first-order valence-corrected chi connectivity index (χ1v) is 5.85. The van der Waals surface area contributed by atoms with Crippen LogP contribution in [0.1, 0.15) is 25.3 Å². The van der Waals surface area contributed by atoms with E-state index in [0.29, 0.717) is 17.8 Å². The second-order valence-electron chi connectivity index (χ2n) is 4.17. The van der Waals surface area contributed by atoms with Gasteiger partial charge in [-0.1, -0.05) is 13.3 Å². The molecule has 0 spiro atoms. The Kier molecular flexibility index (Phi) is 5.10. The van der Waals surface area contributed by atoms with Crippen LogP contribution in [-0.2, 0) is 4.79 Å². The monoisotopic (exact) mass is 238 g/mol. The van der Waals surface area contributed by atoms with Crippen molar-refractivity contribution in [2.75, 3.05) is 11.9 Å². The number of carbonyl (C=O) groups is 1. The quantitative estimate of drug-likeness (QED) is 0.827. The lowest BCUT2D eigenvalue weighted by atomic mass is 10.0. The van der Waals surface area contributed by atoms with Gasteiger partial charge in [0.15, 0.2) is 0 Å². The van der Waals surface area contributed by atoms with E-state index in [0.717, 1.165) is 12.8 Å². The highest BCUT2D eigenvalue weighted by atomic mass is 19.1. The normalized spacial score (nSPS) is 12.2. The molecule has 3 N–H and O–H groups in total. The number of nitrogens with two attached hydrogens (primary N) is 1. The van der Waals surface area contributed by atoms with E-state index in [-0.39, 0.29) is 17.6 Å². The van der Waals surface area contributed by atoms with E-state index < -0.39 is 0 Å². The molecule has 0 aliphatic carbocycles. The third kappa shape index (κ3) is 3.82. The van der Waals surface area contributed by atoms with E-state index in [1.165, 1.54) is 12.1 Å². The zero-order valence-corrected chi connectivity index (χ0v) is 10.3. The van der Waals surface area contributed by atoms with Crippen molar-refractivity contribution < 1.29 is 9.18 Å². The van der Waals surface area contributed by atoms with E-state index in [1.807, 2.05) is 6.92 Å². The summed E-state index contributed by atoms with van der Waals surface area (Å²) in [5.74, 6) is -0.571. The minimum atomic E-state index is -0.301. The van der Waals surface area contributed by atoms with Crippen molar-refractivity contribution in [3.8, 4) is 0 Å². The SMILES string of the molecule is CCCC(CN)C(=O)Nc1ccc(F)cc1C. The molecule has 1 amide bonds. The molecule has 94 valence electrons. The van der Waals surface area contributed by atoms with Gasteiger partial charge in [-0.2, -0.15) is 0 Å². The van der Waals surface area contributed by atoms with Gasteiger partial charge in [0.1, 0.15) is 5.82 Å². The predicted molar refractivity (Wildman–Crippen MR) is 67.2 cm³/mol. The molecule has 0 heterocycles. The van der Waals surface area contributed by atoms with Gasteiger partial charge in [-0.25, -0.2) is 4.39 Å². The molecule has 4 heteroatoms. The molecule has 3 nitrogen and oxygen atoms in total. The molecule has 0 aliphatic rings. The highest BCUT2D eigenvalue weighted by Gasteiger charge is 2.16. The average Bonchev–Trinajstić information content (AvgIpc) is 2.29. The highest BCUT2D eigenvalue weighted by Crippen LogP contribution is 2.17. The van der Waals surface area contributed by atoms with Crippen LogP contribution >= 0.6 is 0 Å². The number of carbonyl (C=O) groups excluding carboxylic acids is 1. The van der Waals surface area contributed by atoms with Crippen LogP contribution in [0.4, 0.5) is 10.1 Å². The van der Waals surface area contributed by atoms with Crippen molar-refractivity contribution in [2.45, 2.75) is 26.7 Å². The molecule has 0 saturated heterocycles. The Morgan fingerprint density at radius 2 is 2.24 bits per heavy atom. The zero-order chi connectivity index (χ0) is 12.8. The van der Waals surface area contributed by atoms with Crippen molar-refractivity contribution in [2.24, 2.45) is 11.7 Å². The minimum absolute atomic E-state index is 0.0935. The van der Waals surface area contributed by atoms with E-state index >= 15 is 0 Å². The third-order valence-electron chi connectivity index (χ3n) is 2.74. The molecule has 0 aromatic heterocycles. The molecule has 1 aromatic carbocycles. The van der Waals surface area contributed by atoms with Gasteiger partial charge in [-0.05, 0) is 37.1 Å².